The number of nitrogens with one attached hydrogen (secondary N) is 1. The molecule has 0 aliphatic carbocycles. The monoisotopic (exact) mass is 1240 g/mol. The van der Waals surface area contributed by atoms with Crippen LogP contribution in [0.3, 0.4) is 0 Å². The first-order valence-corrected chi connectivity index (χ1v) is 31.4. The van der Waals surface area contributed by atoms with Crippen molar-refractivity contribution < 1.29 is 84.9 Å². The summed E-state index contributed by atoms with van der Waals surface area (Å²) < 4.78 is 89.1. The van der Waals surface area contributed by atoms with Crippen LogP contribution in [-0.4, -0.2) is 172 Å². The number of aliphatic hydroxyl groups is 1. The Bertz CT molecular complexity index is 3110. The smallest absolute Gasteiger partial charge is 0.336 e. The maximum Gasteiger partial charge on any atom is 0.336 e. The van der Waals surface area contributed by atoms with E-state index in [4.69, 9.17) is 62.0 Å². The number of hydrogen-bond donors (Lipinski definition) is 5. The number of ether oxygens (including phenoxy) is 6. The fourth-order valence-electron chi connectivity index (χ4n) is 8.82. The Morgan fingerprint density at radius 3 is 1.98 bits per heavy atom. The number of nitrogen functional groups attached to an aromatic ring is 1. The van der Waals surface area contributed by atoms with E-state index in [1.165, 1.54) is 44.1 Å². The number of rotatable bonds is 27. The van der Waals surface area contributed by atoms with Crippen LogP contribution in [0.25, 0.3) is 22.3 Å². The van der Waals surface area contributed by atoms with Gasteiger partial charge in [-0.15, -0.1) is 0 Å². The van der Waals surface area contributed by atoms with Crippen molar-refractivity contribution in [1.29, 1.82) is 5.26 Å². The van der Waals surface area contributed by atoms with Gasteiger partial charge >= 0.3 is 27.1 Å². The van der Waals surface area contributed by atoms with Crippen molar-refractivity contribution in [3.8, 4) is 6.07 Å². The summed E-state index contributed by atoms with van der Waals surface area (Å²) in [7, 11) is -7.30. The van der Waals surface area contributed by atoms with Gasteiger partial charge in [0.15, 0.2) is 40.9 Å². The number of nitrogens with zero attached hydrogens (tertiary/aromatic N) is 10. The molecule has 6 heterocycles. The number of benzene rings is 1. The fourth-order valence-corrected chi connectivity index (χ4v) is 12.5. The molecule has 7 rings (SSSR count). The lowest BCUT2D eigenvalue weighted by Gasteiger charge is -2.38. The second-order valence-electron chi connectivity index (χ2n) is 21.2. The predicted molar refractivity (Wildman–Crippen MR) is 302 cm³/mol. The number of aliphatic hydroxyl groups excluding tert-OH is 1. The minimum atomic E-state index is -4.18. The Balaban J connectivity index is 0.000000389. The van der Waals surface area contributed by atoms with Crippen molar-refractivity contribution in [3.05, 3.63) is 61.2 Å². The molecule has 6 N–H and O–H groups in total. The number of fused-ring (bicyclic) bond motifs is 2. The van der Waals surface area contributed by atoms with Gasteiger partial charge in [0.1, 0.15) is 42.6 Å². The van der Waals surface area contributed by atoms with E-state index in [0.29, 0.717) is 22.4 Å². The summed E-state index contributed by atoms with van der Waals surface area (Å²) in [5.41, 5.74) is 6.65. The molecular formula is C51H75N12O18P3. The number of imidazole rings is 2. The minimum Gasteiger partial charge on any atom is -0.438 e. The second-order valence-corrected chi connectivity index (χ2v) is 26.6. The molecule has 2 aliphatic rings. The molecule has 2 saturated heterocycles. The lowest BCUT2D eigenvalue weighted by molar-refractivity contribution is -0.160. The minimum absolute atomic E-state index is 0.0334. The number of aromatic nitrogens is 8. The van der Waals surface area contributed by atoms with Gasteiger partial charge in [-0.2, -0.15) is 5.26 Å². The van der Waals surface area contributed by atoms with E-state index in [0.717, 1.165) is 0 Å². The standard InChI is InChI=1S/C39H57N7O12P2.C12H18N5O6P/c1-25(2)37(48)52-23-55-60(50,56-24-53-38(49)39(7,8)9)20-17-29-31(58-59(54-19-14-18-40)46(26(3)4)27(5)6)32(51-10)36(57-29)45-22-43-30-33(41-21-42-34(30)45)44-35(47)28-15-12-11-13-16-28;1-22-9-6(2-3-24(19,20)21)23-12(8(9)18)17-5-16-7-10(13)14-4-15-11(7)17/h11-13,15-16,21-22,25-27,29,31-32,36H,14,17,19-20,23-24H2,1-10H3,(H,41,42,44,47);4-6,8-9,12,18H,2-3H2,1H3,(H2,13,14,15)(H2,19,20,21)/t29-,31-,32-,36-,59?,60?;6-,8-,9-,12-/m11/s1. The topological polar surface area (TPSA) is 391 Å². The highest BCUT2D eigenvalue weighted by Crippen LogP contribution is 2.54. The van der Waals surface area contributed by atoms with E-state index >= 15 is 0 Å². The maximum absolute atomic E-state index is 14.3. The zero-order valence-electron chi connectivity index (χ0n) is 48.6. The molecule has 1 amide bonds. The highest BCUT2D eigenvalue weighted by atomic mass is 31.2. The lowest BCUT2D eigenvalue weighted by atomic mass is 9.98. The van der Waals surface area contributed by atoms with Crippen molar-refractivity contribution in [1.82, 2.24) is 43.7 Å². The third-order valence-corrected chi connectivity index (χ3v) is 17.7. The Morgan fingerprint density at radius 2 is 1.38 bits per heavy atom. The molecule has 33 heteroatoms. The van der Waals surface area contributed by atoms with Gasteiger partial charge in [0.05, 0.1) is 67.6 Å². The normalized spacial score (nSPS) is 22.1. The van der Waals surface area contributed by atoms with Crippen LogP contribution < -0.4 is 11.1 Å². The fraction of sp³-hybridized carbons (Fsp3) is 0.608. The molecule has 2 aliphatic heterocycles. The molecule has 10 atom stereocenters. The van der Waals surface area contributed by atoms with Gasteiger partial charge in [0, 0.05) is 31.9 Å². The number of carbonyl (C=O) groups is 3. The first-order chi connectivity index (χ1) is 39.7. The van der Waals surface area contributed by atoms with Gasteiger partial charge in [-0.3, -0.25) is 41.7 Å². The molecule has 84 heavy (non-hydrogen) atoms. The lowest BCUT2D eigenvalue weighted by Crippen LogP contribution is -2.40. The number of amides is 1. The molecule has 4 aromatic heterocycles. The van der Waals surface area contributed by atoms with Crippen molar-refractivity contribution in [2.75, 3.05) is 57.8 Å². The molecule has 2 unspecified atom stereocenters. The highest BCUT2D eigenvalue weighted by molar-refractivity contribution is 7.53. The van der Waals surface area contributed by atoms with Crippen LogP contribution in [0.5, 0.6) is 0 Å². The Morgan fingerprint density at radius 1 is 0.810 bits per heavy atom. The van der Waals surface area contributed by atoms with E-state index in [9.17, 15) is 33.9 Å². The van der Waals surface area contributed by atoms with Crippen LogP contribution in [0.4, 0.5) is 11.6 Å². The number of nitrogens with two attached hydrogens (primary N) is 1. The third kappa shape index (κ3) is 17.5. The van der Waals surface area contributed by atoms with Crippen LogP contribution in [0.1, 0.15) is 104 Å². The molecule has 2 fully saturated rings. The van der Waals surface area contributed by atoms with Crippen LogP contribution >= 0.6 is 23.7 Å². The summed E-state index contributed by atoms with van der Waals surface area (Å²) in [6, 6.07) is 10.7. The molecule has 0 saturated carbocycles. The second kappa shape index (κ2) is 30.2. The number of methoxy groups -OCH3 is 2. The molecule has 0 radical (unpaired) electrons. The van der Waals surface area contributed by atoms with E-state index < -0.39 is 116 Å². The van der Waals surface area contributed by atoms with Crippen LogP contribution in [-0.2, 0) is 65.2 Å². The molecule has 0 spiro atoms. The van der Waals surface area contributed by atoms with Gasteiger partial charge in [-0.05, 0) is 73.4 Å². The van der Waals surface area contributed by atoms with Crippen molar-refractivity contribution in [3.63, 3.8) is 0 Å². The molecule has 462 valence electrons. The summed E-state index contributed by atoms with van der Waals surface area (Å²) in [6.07, 6.45) is -2.04. The van der Waals surface area contributed by atoms with E-state index in [-0.39, 0.29) is 67.4 Å². The summed E-state index contributed by atoms with van der Waals surface area (Å²) in [4.78, 5) is 81.2. The molecular weight excluding hydrogens is 1160 g/mol. The average Bonchev–Trinajstić information content (AvgIpc) is 2.29. The summed E-state index contributed by atoms with van der Waals surface area (Å²) in [5, 5.41) is 22.6. The Hall–Kier alpha value is -5.57. The Kier molecular flexibility index (Phi) is 24.3. The zero-order valence-corrected chi connectivity index (χ0v) is 51.2. The summed E-state index contributed by atoms with van der Waals surface area (Å²) in [6.45, 7) is 15.0. The van der Waals surface area contributed by atoms with Crippen LogP contribution in [0.2, 0.25) is 0 Å². The van der Waals surface area contributed by atoms with Crippen LogP contribution in [0.15, 0.2) is 55.6 Å². The zero-order chi connectivity index (χ0) is 61.7. The molecule has 30 nitrogen and oxygen atoms in total. The highest BCUT2D eigenvalue weighted by Gasteiger charge is 2.51. The largest absolute Gasteiger partial charge is 0.438 e. The van der Waals surface area contributed by atoms with Crippen molar-refractivity contribution in [2.45, 2.75) is 143 Å². The molecule has 0 bridgehead atoms. The van der Waals surface area contributed by atoms with Gasteiger partial charge in [0.25, 0.3) is 14.4 Å². The van der Waals surface area contributed by atoms with Crippen LogP contribution in [0, 0.1) is 22.7 Å². The van der Waals surface area contributed by atoms with E-state index in [1.54, 1.807) is 69.5 Å². The number of nitriles is 1. The van der Waals surface area contributed by atoms with Crippen molar-refractivity contribution >= 4 is 75.5 Å². The number of hydrogen-bond acceptors (Lipinski definition) is 25. The predicted octanol–water partition coefficient (Wildman–Crippen LogP) is 6.22. The SMILES string of the molecule is CO[C@@H]1[C@H](OP(OCCC#N)N(C(C)C)C(C)C)[C@@H](CCP(=O)(OCOC(=O)C(C)C)OCOC(=O)C(C)(C)C)O[C@H]1n1cnc2c(NC(=O)c3ccccc3)ncnc21.CO[C@H]1[C@@H](O)[C@H](n2cnc3c(N)ncnc32)O[C@@H]1CCP(=O)(O)O. The summed E-state index contributed by atoms with van der Waals surface area (Å²) in [5.74, 6) is -1.67. The number of carbonyl (C=O) groups excluding carboxylic acids is 3. The first-order valence-electron chi connectivity index (χ1n) is 26.7. The first kappa shape index (κ1) is 67.6. The summed E-state index contributed by atoms with van der Waals surface area (Å²) >= 11 is 0. The molecule has 1 aromatic carbocycles. The van der Waals surface area contributed by atoms with Gasteiger partial charge in [-0.25, -0.2) is 34.6 Å². The number of anilines is 2. The van der Waals surface area contributed by atoms with Crippen molar-refractivity contribution in [2.24, 2.45) is 11.3 Å². The maximum atomic E-state index is 14.3. The van der Waals surface area contributed by atoms with E-state index in [1.807, 2.05) is 27.7 Å². The average molecular weight is 1240 g/mol. The van der Waals surface area contributed by atoms with E-state index in [2.05, 4.69) is 46.0 Å². The van der Waals surface area contributed by atoms with Gasteiger partial charge < -0.3 is 63.4 Å². The quantitative estimate of drug-likeness (QED) is 0.0168. The third-order valence-electron chi connectivity index (χ3n) is 12.9. The molecule has 5 aromatic rings. The van der Waals surface area contributed by atoms with Gasteiger partial charge in [-0.1, -0.05) is 32.0 Å². The Labute approximate surface area is 487 Å². The van der Waals surface area contributed by atoms with Gasteiger partial charge in [0.2, 0.25) is 13.6 Å². The number of esters is 2.